The van der Waals surface area contributed by atoms with E-state index >= 15 is 0 Å². The number of hydrogen-bond acceptors (Lipinski definition) is 2. The van der Waals surface area contributed by atoms with Gasteiger partial charge in [0.1, 0.15) is 5.82 Å². The molecule has 0 aliphatic heterocycles. The van der Waals surface area contributed by atoms with Crippen LogP contribution in [0, 0.1) is 5.82 Å². The van der Waals surface area contributed by atoms with Gasteiger partial charge in [-0.05, 0) is 52.7 Å². The van der Waals surface area contributed by atoms with Crippen molar-refractivity contribution in [3.63, 3.8) is 0 Å². The van der Waals surface area contributed by atoms with Crippen molar-refractivity contribution >= 4 is 33.7 Å². The van der Waals surface area contributed by atoms with Gasteiger partial charge in [0, 0.05) is 4.47 Å². The third-order valence-electron chi connectivity index (χ3n) is 3.87. The van der Waals surface area contributed by atoms with Gasteiger partial charge in [-0.25, -0.2) is 4.39 Å². The van der Waals surface area contributed by atoms with Crippen LogP contribution in [-0.4, -0.2) is 17.3 Å². The Kier molecular flexibility index (Phi) is 4.56. The van der Waals surface area contributed by atoms with Crippen LogP contribution in [0.1, 0.15) is 37.7 Å². The first-order valence-electron chi connectivity index (χ1n) is 6.28. The number of hydrogen-bond donors (Lipinski definition) is 1. The number of carboxylic acids is 1. The Morgan fingerprint density at radius 2 is 2.00 bits per heavy atom. The fraction of sp³-hybridized carbons (Fsp3) is 0.500. The van der Waals surface area contributed by atoms with E-state index in [9.17, 15) is 14.3 Å². The molecule has 0 amide bonds. The Hall–Kier alpha value is -0.550. The van der Waals surface area contributed by atoms with Gasteiger partial charge in [0.05, 0.1) is 10.3 Å². The van der Waals surface area contributed by atoms with E-state index in [4.69, 9.17) is 0 Å². The first kappa shape index (κ1) is 14.9. The van der Waals surface area contributed by atoms with Gasteiger partial charge in [-0.3, -0.25) is 4.79 Å². The minimum Gasteiger partial charge on any atom is -0.481 e. The summed E-state index contributed by atoms with van der Waals surface area (Å²) in [6.45, 7) is 0. The van der Waals surface area contributed by atoms with Crippen LogP contribution in [0.2, 0.25) is 0 Å². The molecular formula is C14H16BrFO2S. The summed E-state index contributed by atoms with van der Waals surface area (Å²) in [7, 11) is 0. The van der Waals surface area contributed by atoms with E-state index in [2.05, 4.69) is 15.9 Å². The topological polar surface area (TPSA) is 37.3 Å². The van der Waals surface area contributed by atoms with Gasteiger partial charge in [-0.1, -0.05) is 19.3 Å². The van der Waals surface area contributed by atoms with E-state index in [0.29, 0.717) is 27.8 Å². The lowest BCUT2D eigenvalue weighted by Gasteiger charge is -2.34. The van der Waals surface area contributed by atoms with Crippen LogP contribution in [0.25, 0.3) is 0 Å². The molecule has 2 rings (SSSR count). The number of aliphatic carboxylic acids is 1. The van der Waals surface area contributed by atoms with Crippen LogP contribution in [0.4, 0.5) is 4.39 Å². The van der Waals surface area contributed by atoms with E-state index in [1.807, 2.05) is 0 Å². The fourth-order valence-corrected chi connectivity index (χ4v) is 4.24. The van der Waals surface area contributed by atoms with Crippen molar-refractivity contribution in [2.75, 3.05) is 6.26 Å². The number of carboxylic acid groups (broad SMARTS) is 1. The molecule has 1 saturated carbocycles. The molecule has 0 heterocycles. The second-order valence-electron chi connectivity index (χ2n) is 4.92. The highest BCUT2D eigenvalue weighted by atomic mass is 79.9. The summed E-state index contributed by atoms with van der Waals surface area (Å²) in [6.07, 6.45) is 5.81. The van der Waals surface area contributed by atoms with Gasteiger partial charge >= 0.3 is 5.97 Å². The Labute approximate surface area is 124 Å². The molecule has 0 unspecified atom stereocenters. The van der Waals surface area contributed by atoms with Crippen LogP contribution in [0.3, 0.4) is 0 Å². The molecule has 0 saturated heterocycles. The molecule has 0 aromatic heterocycles. The van der Waals surface area contributed by atoms with E-state index < -0.39 is 11.4 Å². The molecule has 1 aliphatic rings. The Morgan fingerprint density at radius 1 is 1.37 bits per heavy atom. The summed E-state index contributed by atoms with van der Waals surface area (Å²) in [6, 6.07) is 3.17. The van der Waals surface area contributed by atoms with Crippen LogP contribution in [0.5, 0.6) is 0 Å². The van der Waals surface area contributed by atoms with E-state index in [1.54, 1.807) is 12.3 Å². The molecule has 5 heteroatoms. The van der Waals surface area contributed by atoms with Crippen molar-refractivity contribution in [1.82, 2.24) is 0 Å². The maximum Gasteiger partial charge on any atom is 0.314 e. The maximum atomic E-state index is 14.1. The zero-order chi connectivity index (χ0) is 14.0. The van der Waals surface area contributed by atoms with Crippen LogP contribution in [-0.2, 0) is 10.2 Å². The molecule has 2 nitrogen and oxygen atoms in total. The summed E-state index contributed by atoms with van der Waals surface area (Å²) in [4.78, 5) is 12.2. The van der Waals surface area contributed by atoms with Gasteiger partial charge in [0.15, 0.2) is 0 Å². The molecule has 1 aromatic rings. The lowest BCUT2D eigenvalue weighted by Crippen LogP contribution is -2.38. The minimum atomic E-state index is -0.918. The first-order valence-corrected chi connectivity index (χ1v) is 8.30. The number of rotatable bonds is 3. The zero-order valence-electron chi connectivity index (χ0n) is 10.7. The highest BCUT2D eigenvalue weighted by Crippen LogP contribution is 2.42. The maximum absolute atomic E-state index is 14.1. The first-order chi connectivity index (χ1) is 9.01. The molecule has 19 heavy (non-hydrogen) atoms. The average molecular weight is 347 g/mol. The van der Waals surface area contributed by atoms with Gasteiger partial charge in [0.25, 0.3) is 0 Å². The lowest BCUT2D eigenvalue weighted by molar-refractivity contribution is -0.145. The number of carbonyl (C=O) groups is 1. The summed E-state index contributed by atoms with van der Waals surface area (Å²) >= 11 is 4.66. The van der Waals surface area contributed by atoms with Crippen LogP contribution in [0.15, 0.2) is 21.5 Å². The van der Waals surface area contributed by atoms with E-state index in [-0.39, 0.29) is 5.82 Å². The standard InChI is InChI=1S/C14H16BrFO2S/c1-19-12-10(15)7-9(8-11(12)16)14(13(17)18)5-3-2-4-6-14/h7-8H,2-6H2,1H3,(H,17,18). The normalized spacial score (nSPS) is 18.3. The lowest BCUT2D eigenvalue weighted by atomic mass is 9.69. The van der Waals surface area contributed by atoms with Crippen molar-refractivity contribution in [1.29, 1.82) is 0 Å². The average Bonchev–Trinajstić information content (AvgIpc) is 2.39. The minimum absolute atomic E-state index is 0.344. The third kappa shape index (κ3) is 2.68. The summed E-state index contributed by atoms with van der Waals surface area (Å²) in [5, 5.41) is 9.61. The Morgan fingerprint density at radius 3 is 2.47 bits per heavy atom. The summed E-state index contributed by atoms with van der Waals surface area (Å²) in [5.41, 5.74) is -0.333. The second-order valence-corrected chi connectivity index (χ2v) is 6.59. The van der Waals surface area contributed by atoms with Crippen LogP contribution < -0.4 is 0 Å². The highest BCUT2D eigenvalue weighted by Gasteiger charge is 2.41. The molecule has 104 valence electrons. The smallest absolute Gasteiger partial charge is 0.314 e. The van der Waals surface area contributed by atoms with Gasteiger partial charge in [-0.2, -0.15) is 0 Å². The SMILES string of the molecule is CSc1c(F)cc(C2(C(=O)O)CCCCC2)cc1Br. The second kappa shape index (κ2) is 5.83. The largest absolute Gasteiger partial charge is 0.481 e. The van der Waals surface area contributed by atoms with E-state index in [1.165, 1.54) is 17.8 Å². The predicted molar refractivity (Wildman–Crippen MR) is 78.3 cm³/mol. The number of benzene rings is 1. The van der Waals surface area contributed by atoms with Crippen molar-refractivity contribution < 1.29 is 14.3 Å². The number of halogens is 2. The zero-order valence-corrected chi connectivity index (χ0v) is 13.1. The Balaban J connectivity index is 2.51. The fourth-order valence-electron chi connectivity index (χ4n) is 2.81. The third-order valence-corrected chi connectivity index (χ3v) is 5.58. The quantitative estimate of drug-likeness (QED) is 0.812. The summed E-state index contributed by atoms with van der Waals surface area (Å²) < 4.78 is 14.7. The molecule has 0 bridgehead atoms. The molecule has 0 spiro atoms. The van der Waals surface area contributed by atoms with Crippen molar-refractivity contribution in [3.8, 4) is 0 Å². The molecular weight excluding hydrogens is 331 g/mol. The molecule has 1 aliphatic carbocycles. The van der Waals surface area contributed by atoms with Crippen molar-refractivity contribution in [2.24, 2.45) is 0 Å². The molecule has 1 fully saturated rings. The molecule has 1 N–H and O–H groups in total. The predicted octanol–water partition coefficient (Wildman–Crippen LogP) is 4.60. The number of thioether (sulfide) groups is 1. The van der Waals surface area contributed by atoms with Crippen molar-refractivity contribution in [3.05, 3.63) is 28.0 Å². The van der Waals surface area contributed by atoms with Gasteiger partial charge in [-0.15, -0.1) is 11.8 Å². The van der Waals surface area contributed by atoms with Crippen LogP contribution >= 0.6 is 27.7 Å². The van der Waals surface area contributed by atoms with E-state index in [0.717, 1.165) is 19.3 Å². The Bertz CT molecular complexity index is 475. The molecule has 0 radical (unpaired) electrons. The monoisotopic (exact) mass is 346 g/mol. The molecule has 1 aromatic carbocycles. The summed E-state index contributed by atoms with van der Waals surface area (Å²) in [5.74, 6) is -1.18. The van der Waals surface area contributed by atoms with Gasteiger partial charge in [0.2, 0.25) is 0 Å². The van der Waals surface area contributed by atoms with Gasteiger partial charge < -0.3 is 5.11 Å². The van der Waals surface area contributed by atoms with Crippen molar-refractivity contribution in [2.45, 2.75) is 42.4 Å². The molecule has 0 atom stereocenters. The highest BCUT2D eigenvalue weighted by molar-refractivity contribution is 9.10.